The number of benzene rings is 1. The lowest BCUT2D eigenvalue weighted by Crippen LogP contribution is -2.03. The molecule has 0 bridgehead atoms. The molecule has 4 N–H and O–H groups in total. The molecule has 10 heteroatoms. The van der Waals surface area contributed by atoms with E-state index in [9.17, 15) is 16.8 Å². The topological polar surface area (TPSA) is 138 Å². The van der Waals surface area contributed by atoms with Crippen LogP contribution in [-0.2, 0) is 20.0 Å². The van der Waals surface area contributed by atoms with Crippen LogP contribution in [0.2, 0.25) is 0 Å². The van der Waals surface area contributed by atoms with Gasteiger partial charge in [0.15, 0.2) is 15.0 Å². The number of hydrogen-bond acceptors (Lipinski definition) is 6. The van der Waals surface area contributed by atoms with E-state index in [0.29, 0.717) is 6.42 Å². The van der Waals surface area contributed by atoms with Crippen molar-refractivity contribution in [1.29, 1.82) is 5.41 Å². The zero-order chi connectivity index (χ0) is 18.1. The second-order valence-electron chi connectivity index (χ2n) is 4.41. The van der Waals surface area contributed by atoms with Gasteiger partial charge in [0.2, 0.25) is 0 Å². The Morgan fingerprint density at radius 1 is 1.26 bits per heavy atom. The second-order valence-corrected chi connectivity index (χ2v) is 8.78. The van der Waals surface area contributed by atoms with Gasteiger partial charge < -0.3 is 5.73 Å². The van der Waals surface area contributed by atoms with E-state index in [2.05, 4.69) is 0 Å². The SMILES string of the molecule is CCCS(=O)(=O)/C=C/SC(=N)N.Cc1ccc(S(=O)(=O)O)cc1. The molecule has 1 aromatic carbocycles. The average Bonchev–Trinajstić information content (AvgIpc) is 2.38. The molecule has 0 saturated heterocycles. The highest BCUT2D eigenvalue weighted by Crippen LogP contribution is 2.08. The summed E-state index contributed by atoms with van der Waals surface area (Å²) in [6.45, 7) is 3.64. The Labute approximate surface area is 141 Å². The van der Waals surface area contributed by atoms with E-state index in [4.69, 9.17) is 15.7 Å². The quantitative estimate of drug-likeness (QED) is 0.404. The van der Waals surface area contributed by atoms with E-state index in [1.165, 1.54) is 17.5 Å². The normalized spacial score (nSPS) is 11.8. The first-order valence-electron chi connectivity index (χ1n) is 6.42. The van der Waals surface area contributed by atoms with Crippen molar-refractivity contribution in [3.63, 3.8) is 0 Å². The Bertz CT molecular complexity index is 738. The zero-order valence-electron chi connectivity index (χ0n) is 12.8. The van der Waals surface area contributed by atoms with Crippen molar-refractivity contribution in [3.05, 3.63) is 40.6 Å². The molecule has 0 aliphatic carbocycles. The smallest absolute Gasteiger partial charge is 0.294 e. The summed E-state index contributed by atoms with van der Waals surface area (Å²) >= 11 is 0.885. The van der Waals surface area contributed by atoms with Crippen LogP contribution in [0.3, 0.4) is 0 Å². The van der Waals surface area contributed by atoms with E-state index < -0.39 is 20.0 Å². The highest BCUT2D eigenvalue weighted by molar-refractivity contribution is 8.16. The molecular formula is C13H20N2O5S3. The molecule has 0 aliphatic heterocycles. The highest BCUT2D eigenvalue weighted by Gasteiger charge is 2.06. The molecule has 130 valence electrons. The van der Waals surface area contributed by atoms with E-state index in [0.717, 1.165) is 22.7 Å². The average molecular weight is 381 g/mol. The first-order valence-corrected chi connectivity index (χ1v) is 10.5. The van der Waals surface area contributed by atoms with Crippen LogP contribution in [-0.4, -0.2) is 32.3 Å². The van der Waals surface area contributed by atoms with Crippen molar-refractivity contribution in [3.8, 4) is 0 Å². The molecule has 7 nitrogen and oxygen atoms in total. The Hall–Kier alpha value is -1.36. The van der Waals surface area contributed by atoms with Gasteiger partial charge in [0.1, 0.15) is 0 Å². The fourth-order valence-corrected chi connectivity index (χ4v) is 3.48. The van der Waals surface area contributed by atoms with Crippen LogP contribution >= 0.6 is 11.8 Å². The fourth-order valence-electron chi connectivity index (χ4n) is 1.25. The van der Waals surface area contributed by atoms with Gasteiger partial charge in [-0.2, -0.15) is 8.42 Å². The van der Waals surface area contributed by atoms with Crippen LogP contribution in [0.4, 0.5) is 0 Å². The largest absolute Gasteiger partial charge is 0.378 e. The van der Waals surface area contributed by atoms with Crippen LogP contribution in [0.25, 0.3) is 0 Å². The Morgan fingerprint density at radius 2 is 1.78 bits per heavy atom. The lowest BCUT2D eigenvalue weighted by molar-refractivity contribution is 0.483. The van der Waals surface area contributed by atoms with Gasteiger partial charge in [-0.15, -0.1) is 0 Å². The summed E-state index contributed by atoms with van der Waals surface area (Å²) in [7, 11) is -7.10. The maximum absolute atomic E-state index is 11.0. The first kappa shape index (κ1) is 21.6. The molecule has 23 heavy (non-hydrogen) atoms. The summed E-state index contributed by atoms with van der Waals surface area (Å²) in [4.78, 5) is -0.0666. The Kier molecular flexibility index (Phi) is 9.13. The van der Waals surface area contributed by atoms with Crippen molar-refractivity contribution < 1.29 is 21.4 Å². The molecule has 0 saturated carbocycles. The Balaban J connectivity index is 0.000000422. The molecule has 1 aromatic rings. The molecule has 0 atom stereocenters. The molecule has 0 fully saturated rings. The molecule has 0 aromatic heterocycles. The number of aryl methyl sites for hydroxylation is 1. The van der Waals surface area contributed by atoms with Gasteiger partial charge in [-0.05, 0) is 30.9 Å². The number of nitrogens with two attached hydrogens (primary N) is 1. The van der Waals surface area contributed by atoms with Gasteiger partial charge in [0.05, 0.1) is 10.6 Å². The van der Waals surface area contributed by atoms with Gasteiger partial charge in [0, 0.05) is 5.41 Å². The number of amidine groups is 1. The van der Waals surface area contributed by atoms with E-state index in [1.54, 1.807) is 19.1 Å². The maximum Gasteiger partial charge on any atom is 0.294 e. The minimum atomic E-state index is -4.02. The lowest BCUT2D eigenvalue weighted by Gasteiger charge is -1.95. The minimum absolute atomic E-state index is 0.0666. The predicted octanol–water partition coefficient (Wildman–Crippen LogP) is 2.15. The Morgan fingerprint density at radius 3 is 2.17 bits per heavy atom. The fraction of sp³-hybridized carbons (Fsp3) is 0.308. The summed E-state index contributed by atoms with van der Waals surface area (Å²) in [6, 6.07) is 5.99. The summed E-state index contributed by atoms with van der Waals surface area (Å²) in [5.41, 5.74) is 5.95. The van der Waals surface area contributed by atoms with Gasteiger partial charge in [-0.1, -0.05) is 36.4 Å². The summed E-state index contributed by atoms with van der Waals surface area (Å²) in [5.74, 6) is 0.141. The number of hydrogen-bond donors (Lipinski definition) is 3. The number of thioether (sulfide) groups is 1. The van der Waals surface area contributed by atoms with Gasteiger partial charge >= 0.3 is 0 Å². The predicted molar refractivity (Wildman–Crippen MR) is 93.7 cm³/mol. The molecular weight excluding hydrogens is 360 g/mol. The van der Waals surface area contributed by atoms with Crippen molar-refractivity contribution in [2.24, 2.45) is 5.73 Å². The minimum Gasteiger partial charge on any atom is -0.378 e. The van der Waals surface area contributed by atoms with Crippen LogP contribution in [0.15, 0.2) is 40.0 Å². The summed E-state index contributed by atoms with van der Waals surface area (Å²) in [6.07, 6.45) is 0.595. The van der Waals surface area contributed by atoms with E-state index in [-0.39, 0.29) is 15.8 Å². The van der Waals surface area contributed by atoms with Crippen molar-refractivity contribution in [2.45, 2.75) is 25.2 Å². The van der Waals surface area contributed by atoms with Crippen LogP contribution in [0.1, 0.15) is 18.9 Å². The molecule has 0 amide bonds. The number of nitrogens with one attached hydrogen (secondary N) is 1. The molecule has 0 radical (unpaired) electrons. The van der Waals surface area contributed by atoms with Crippen LogP contribution in [0, 0.1) is 12.3 Å². The standard InChI is InChI=1S/C7H8O3S.C6H12N2O2S2/c1-6-2-4-7(5-3-6)11(8,9)10;1-2-4-12(9,10)5-3-11-6(7)8/h2-5H,1H3,(H,8,9,10);3,5H,2,4H2,1H3,(H3,7,8)/b;5-3+. The zero-order valence-corrected chi connectivity index (χ0v) is 15.2. The van der Waals surface area contributed by atoms with Gasteiger partial charge in [-0.3, -0.25) is 9.96 Å². The number of sulfone groups is 1. The van der Waals surface area contributed by atoms with Crippen molar-refractivity contribution >= 4 is 36.9 Å². The third kappa shape index (κ3) is 10.9. The van der Waals surface area contributed by atoms with E-state index in [1.807, 2.05) is 6.92 Å². The third-order valence-electron chi connectivity index (χ3n) is 2.27. The second kappa shape index (κ2) is 9.71. The molecule has 1 rings (SSSR count). The summed E-state index contributed by atoms with van der Waals surface area (Å²) < 4.78 is 51.6. The molecule has 0 unspecified atom stereocenters. The molecule has 0 aliphatic rings. The van der Waals surface area contributed by atoms with Crippen molar-refractivity contribution in [1.82, 2.24) is 0 Å². The highest BCUT2D eigenvalue weighted by atomic mass is 32.2. The maximum atomic E-state index is 11.0. The molecule has 0 spiro atoms. The number of rotatable bonds is 5. The molecule has 0 heterocycles. The van der Waals surface area contributed by atoms with Crippen molar-refractivity contribution in [2.75, 3.05) is 5.75 Å². The third-order valence-corrected chi connectivity index (χ3v) is 5.36. The summed E-state index contributed by atoms with van der Waals surface area (Å²) in [5, 5.41) is 9.08. The van der Waals surface area contributed by atoms with Gasteiger partial charge in [-0.25, -0.2) is 8.42 Å². The lowest BCUT2D eigenvalue weighted by atomic mass is 10.2. The first-order chi connectivity index (χ1) is 10.5. The van der Waals surface area contributed by atoms with E-state index >= 15 is 0 Å². The van der Waals surface area contributed by atoms with Gasteiger partial charge in [0.25, 0.3) is 10.1 Å². The van der Waals surface area contributed by atoms with Crippen LogP contribution in [0.5, 0.6) is 0 Å². The van der Waals surface area contributed by atoms with Crippen LogP contribution < -0.4 is 5.73 Å². The monoisotopic (exact) mass is 380 g/mol.